The Morgan fingerprint density at radius 3 is 2.33 bits per heavy atom. The maximum atomic E-state index is 9.93. The Bertz CT molecular complexity index is 163. The van der Waals surface area contributed by atoms with E-state index < -0.39 is 16.8 Å². The number of carbonyl (C=O) groups excluding carboxylic acids is 1. The lowest BCUT2D eigenvalue weighted by atomic mass is 10.5. The molecule has 0 aliphatic rings. The van der Waals surface area contributed by atoms with E-state index in [1.165, 1.54) is 0 Å². The van der Waals surface area contributed by atoms with Crippen molar-refractivity contribution >= 4 is 5.91 Å². The van der Waals surface area contributed by atoms with E-state index in [2.05, 4.69) is 17.2 Å². The molecular formula is C3H4N2O4. The van der Waals surface area contributed by atoms with Crippen LogP contribution >= 0.6 is 0 Å². The van der Waals surface area contributed by atoms with Crippen molar-refractivity contribution < 1.29 is 14.7 Å². The maximum absolute atomic E-state index is 9.93. The fourth-order valence-electron chi connectivity index (χ4n) is 0.135. The molecule has 0 aliphatic heterocycles. The molecule has 0 rings (SSSR count). The van der Waals surface area contributed by atoms with E-state index in [-0.39, 0.29) is 0 Å². The molecule has 0 aromatic carbocycles. The largest absolute Gasteiger partial charge is 0.364 e. The normalized spacial score (nSPS) is 8.00. The number of primary amides is 1. The highest BCUT2D eigenvalue weighted by molar-refractivity contribution is 5.88. The second kappa shape index (κ2) is 2.65. The Hall–Kier alpha value is -1.59. The van der Waals surface area contributed by atoms with Gasteiger partial charge >= 0.3 is 0 Å². The number of rotatable bonds is 3. The lowest BCUT2D eigenvalue weighted by Gasteiger charge is -1.93. The van der Waals surface area contributed by atoms with Crippen molar-refractivity contribution in [1.82, 2.24) is 0 Å². The SMILES string of the molecule is C=C(O[N+](=O)[O-])C(N)=O. The van der Waals surface area contributed by atoms with Crippen LogP contribution in [0.2, 0.25) is 0 Å². The van der Waals surface area contributed by atoms with Crippen molar-refractivity contribution in [2.45, 2.75) is 0 Å². The van der Waals surface area contributed by atoms with Crippen molar-refractivity contribution in [1.29, 1.82) is 0 Å². The van der Waals surface area contributed by atoms with Gasteiger partial charge in [-0.2, -0.15) is 0 Å². The smallest absolute Gasteiger partial charge is 0.299 e. The molecule has 0 aliphatic carbocycles. The zero-order valence-electron chi connectivity index (χ0n) is 4.36. The van der Waals surface area contributed by atoms with E-state index in [4.69, 9.17) is 0 Å². The summed E-state index contributed by atoms with van der Waals surface area (Å²) in [6.07, 6.45) is 0. The van der Waals surface area contributed by atoms with Crippen LogP contribution in [0.25, 0.3) is 0 Å². The van der Waals surface area contributed by atoms with Gasteiger partial charge in [0.1, 0.15) is 0 Å². The zero-order chi connectivity index (χ0) is 7.44. The van der Waals surface area contributed by atoms with Crippen molar-refractivity contribution in [3.8, 4) is 0 Å². The van der Waals surface area contributed by atoms with Crippen LogP contribution in [0.4, 0.5) is 0 Å². The standard InChI is InChI=1S/C3H4N2O4/c1-2(3(4)6)9-5(7)8/h1H2,(H2,4,6). The highest BCUT2D eigenvalue weighted by Gasteiger charge is 2.04. The monoisotopic (exact) mass is 132 g/mol. The number of amides is 1. The molecule has 0 radical (unpaired) electrons. The van der Waals surface area contributed by atoms with Gasteiger partial charge in [0.15, 0.2) is 5.76 Å². The average Bonchev–Trinajstić information content (AvgIpc) is 1.63. The van der Waals surface area contributed by atoms with Gasteiger partial charge in [0, 0.05) is 0 Å². The van der Waals surface area contributed by atoms with Gasteiger partial charge in [-0.15, -0.1) is 10.1 Å². The molecule has 2 N–H and O–H groups in total. The summed E-state index contributed by atoms with van der Waals surface area (Å²) >= 11 is 0. The maximum Gasteiger partial charge on any atom is 0.299 e. The molecule has 0 saturated carbocycles. The summed E-state index contributed by atoms with van der Waals surface area (Å²) in [4.78, 5) is 22.9. The van der Waals surface area contributed by atoms with Crippen LogP contribution in [0, 0.1) is 10.1 Å². The van der Waals surface area contributed by atoms with E-state index >= 15 is 0 Å². The third-order valence-electron chi connectivity index (χ3n) is 0.460. The first-order chi connectivity index (χ1) is 4.04. The lowest BCUT2D eigenvalue weighted by molar-refractivity contribution is -0.741. The van der Waals surface area contributed by atoms with E-state index in [1.54, 1.807) is 0 Å². The number of nitrogens with zero attached hydrogens (tertiary/aromatic N) is 1. The van der Waals surface area contributed by atoms with Crippen LogP contribution in [-0.2, 0) is 9.63 Å². The number of carbonyl (C=O) groups is 1. The molecule has 0 unspecified atom stereocenters. The lowest BCUT2D eigenvalue weighted by Crippen LogP contribution is -2.17. The molecule has 0 atom stereocenters. The van der Waals surface area contributed by atoms with E-state index in [9.17, 15) is 14.9 Å². The molecule has 0 fully saturated rings. The summed E-state index contributed by atoms with van der Waals surface area (Å²) in [6.45, 7) is 2.86. The predicted molar refractivity (Wildman–Crippen MR) is 26.4 cm³/mol. The fourth-order valence-corrected chi connectivity index (χ4v) is 0.135. The number of nitrogens with two attached hydrogens (primary N) is 1. The Morgan fingerprint density at radius 1 is 1.78 bits per heavy atom. The molecule has 0 bridgehead atoms. The first kappa shape index (κ1) is 7.41. The van der Waals surface area contributed by atoms with Crippen LogP contribution in [0.3, 0.4) is 0 Å². The number of hydrogen-bond acceptors (Lipinski definition) is 4. The molecule has 9 heavy (non-hydrogen) atoms. The molecule has 1 amide bonds. The summed E-state index contributed by atoms with van der Waals surface area (Å²) < 4.78 is 0. The second-order valence-corrected chi connectivity index (χ2v) is 1.10. The minimum Gasteiger partial charge on any atom is -0.364 e. The van der Waals surface area contributed by atoms with Crippen molar-refractivity contribution in [3.05, 3.63) is 22.5 Å². The van der Waals surface area contributed by atoms with Gasteiger partial charge < -0.3 is 5.73 Å². The molecule has 50 valence electrons. The molecule has 0 aromatic heterocycles. The quantitative estimate of drug-likeness (QED) is 0.235. The second-order valence-electron chi connectivity index (χ2n) is 1.10. The molecule has 0 spiro atoms. The minimum absolute atomic E-state index is 0.681. The Morgan fingerprint density at radius 2 is 2.22 bits per heavy atom. The third kappa shape index (κ3) is 3.03. The summed E-state index contributed by atoms with van der Waals surface area (Å²) in [5.41, 5.74) is 4.52. The minimum atomic E-state index is -1.16. The predicted octanol–water partition coefficient (Wildman–Crippen LogP) is -0.806. The van der Waals surface area contributed by atoms with Crippen molar-refractivity contribution in [3.63, 3.8) is 0 Å². The van der Waals surface area contributed by atoms with E-state index in [1.807, 2.05) is 0 Å². The van der Waals surface area contributed by atoms with Crippen LogP contribution in [-0.4, -0.2) is 11.0 Å². The van der Waals surface area contributed by atoms with Crippen LogP contribution < -0.4 is 5.73 Å². The van der Waals surface area contributed by atoms with Crippen LogP contribution in [0.1, 0.15) is 0 Å². The van der Waals surface area contributed by atoms with Gasteiger partial charge in [0.2, 0.25) is 0 Å². The van der Waals surface area contributed by atoms with Crippen LogP contribution in [0.5, 0.6) is 0 Å². The van der Waals surface area contributed by atoms with E-state index in [0.717, 1.165) is 0 Å². The van der Waals surface area contributed by atoms with Gasteiger partial charge in [0.05, 0.1) is 0 Å². The molecule has 6 nitrogen and oxygen atoms in total. The highest BCUT2D eigenvalue weighted by atomic mass is 17.0. The molecule has 0 aromatic rings. The van der Waals surface area contributed by atoms with Gasteiger partial charge in [-0.25, -0.2) is 0 Å². The molecule has 0 saturated heterocycles. The third-order valence-corrected chi connectivity index (χ3v) is 0.460. The van der Waals surface area contributed by atoms with Crippen molar-refractivity contribution in [2.24, 2.45) is 5.73 Å². The first-order valence-electron chi connectivity index (χ1n) is 1.85. The number of hydrogen-bond donors (Lipinski definition) is 1. The summed E-state index contributed by atoms with van der Waals surface area (Å²) in [6, 6.07) is 0. The summed E-state index contributed by atoms with van der Waals surface area (Å²) in [7, 11) is 0. The Balaban J connectivity index is 3.79. The van der Waals surface area contributed by atoms with Crippen molar-refractivity contribution in [2.75, 3.05) is 0 Å². The fraction of sp³-hybridized carbons (Fsp3) is 0. The van der Waals surface area contributed by atoms with Gasteiger partial charge in [-0.05, 0) is 0 Å². The molecular weight excluding hydrogens is 128 g/mol. The summed E-state index contributed by atoms with van der Waals surface area (Å²) in [5.74, 6) is -1.73. The Labute approximate surface area is 50.0 Å². The molecule has 0 heterocycles. The van der Waals surface area contributed by atoms with E-state index in [0.29, 0.717) is 0 Å². The highest BCUT2D eigenvalue weighted by Crippen LogP contribution is 1.89. The Kier molecular flexibility index (Phi) is 2.18. The van der Waals surface area contributed by atoms with Crippen LogP contribution in [0.15, 0.2) is 12.3 Å². The topological polar surface area (TPSA) is 95.5 Å². The van der Waals surface area contributed by atoms with Gasteiger partial charge in [-0.1, -0.05) is 6.58 Å². The first-order valence-corrected chi connectivity index (χ1v) is 1.85. The van der Waals surface area contributed by atoms with Gasteiger partial charge in [-0.3, -0.25) is 9.63 Å². The zero-order valence-corrected chi connectivity index (χ0v) is 4.36. The molecule has 6 heteroatoms. The summed E-state index contributed by atoms with van der Waals surface area (Å²) in [5, 5.41) is 8.27. The van der Waals surface area contributed by atoms with Gasteiger partial charge in [0.25, 0.3) is 11.0 Å². The average molecular weight is 132 g/mol.